The van der Waals surface area contributed by atoms with Crippen molar-refractivity contribution in [3.63, 3.8) is 0 Å². The van der Waals surface area contributed by atoms with Crippen LogP contribution in [0.5, 0.6) is 0 Å². The van der Waals surface area contributed by atoms with Crippen LogP contribution in [-0.2, 0) is 4.79 Å². The standard InChI is InChI=1S/C16H32N4O.HI/c1-4-5-6-7-10-19-16(18-3)20-11-8-14(9-12-20)13-15(21)17-2;/h14H,4-13H2,1-3H3,(H,17,21)(H,18,19);1H. The minimum atomic E-state index is 0. The van der Waals surface area contributed by atoms with Gasteiger partial charge >= 0.3 is 0 Å². The van der Waals surface area contributed by atoms with E-state index in [1.165, 1.54) is 25.7 Å². The number of aliphatic imine (C=N–C) groups is 1. The molecule has 1 heterocycles. The highest BCUT2D eigenvalue weighted by molar-refractivity contribution is 14.0. The fraction of sp³-hybridized carbons (Fsp3) is 0.875. The van der Waals surface area contributed by atoms with E-state index >= 15 is 0 Å². The number of hydrogen-bond donors (Lipinski definition) is 2. The highest BCUT2D eigenvalue weighted by Crippen LogP contribution is 2.20. The molecule has 0 aromatic rings. The zero-order valence-electron chi connectivity index (χ0n) is 14.4. The van der Waals surface area contributed by atoms with Gasteiger partial charge in [-0.25, -0.2) is 0 Å². The summed E-state index contributed by atoms with van der Waals surface area (Å²) in [5.41, 5.74) is 0. The molecule has 0 saturated carbocycles. The lowest BCUT2D eigenvalue weighted by molar-refractivity contribution is -0.121. The fourth-order valence-corrected chi connectivity index (χ4v) is 2.80. The Morgan fingerprint density at radius 3 is 2.45 bits per heavy atom. The third-order valence-electron chi connectivity index (χ3n) is 4.19. The SMILES string of the molecule is CCCCCCNC(=NC)N1CCC(CC(=O)NC)CC1.I. The third kappa shape index (κ3) is 8.19. The van der Waals surface area contributed by atoms with Gasteiger partial charge in [-0.15, -0.1) is 24.0 Å². The van der Waals surface area contributed by atoms with Gasteiger partial charge < -0.3 is 15.5 Å². The number of nitrogens with zero attached hydrogens (tertiary/aromatic N) is 2. The van der Waals surface area contributed by atoms with Crippen molar-refractivity contribution in [2.75, 3.05) is 33.7 Å². The van der Waals surface area contributed by atoms with Crippen molar-refractivity contribution in [1.82, 2.24) is 15.5 Å². The fourth-order valence-electron chi connectivity index (χ4n) is 2.80. The molecule has 0 aliphatic carbocycles. The molecule has 1 amide bonds. The number of rotatable bonds is 7. The van der Waals surface area contributed by atoms with Gasteiger partial charge in [0.15, 0.2) is 5.96 Å². The minimum Gasteiger partial charge on any atom is -0.359 e. The van der Waals surface area contributed by atoms with Crippen molar-refractivity contribution in [3.05, 3.63) is 0 Å². The molecule has 0 unspecified atom stereocenters. The second kappa shape index (κ2) is 13.0. The van der Waals surface area contributed by atoms with Gasteiger partial charge in [0, 0.05) is 40.2 Å². The molecule has 0 aromatic carbocycles. The highest BCUT2D eigenvalue weighted by atomic mass is 127. The van der Waals surface area contributed by atoms with E-state index in [4.69, 9.17) is 0 Å². The first-order valence-electron chi connectivity index (χ1n) is 8.37. The molecule has 0 atom stereocenters. The average molecular weight is 424 g/mol. The number of unbranched alkanes of at least 4 members (excludes halogenated alkanes) is 3. The zero-order valence-corrected chi connectivity index (χ0v) is 16.7. The molecule has 2 N–H and O–H groups in total. The highest BCUT2D eigenvalue weighted by Gasteiger charge is 2.22. The molecule has 1 aliphatic rings. The summed E-state index contributed by atoms with van der Waals surface area (Å²) < 4.78 is 0. The quantitative estimate of drug-likeness (QED) is 0.286. The molecule has 5 nitrogen and oxygen atoms in total. The van der Waals surface area contributed by atoms with Crippen molar-refractivity contribution >= 4 is 35.8 Å². The molecule has 1 saturated heterocycles. The first-order chi connectivity index (χ1) is 10.2. The molecule has 6 heteroatoms. The van der Waals surface area contributed by atoms with E-state index in [9.17, 15) is 4.79 Å². The second-order valence-corrected chi connectivity index (χ2v) is 5.84. The monoisotopic (exact) mass is 424 g/mol. The maximum absolute atomic E-state index is 11.4. The van der Waals surface area contributed by atoms with Crippen LogP contribution in [0.4, 0.5) is 0 Å². The van der Waals surface area contributed by atoms with E-state index in [0.29, 0.717) is 12.3 Å². The molecule has 130 valence electrons. The van der Waals surface area contributed by atoms with Gasteiger partial charge in [-0.05, 0) is 25.2 Å². The summed E-state index contributed by atoms with van der Waals surface area (Å²) in [6.07, 6.45) is 7.88. The maximum Gasteiger partial charge on any atom is 0.220 e. The van der Waals surface area contributed by atoms with Crippen molar-refractivity contribution in [3.8, 4) is 0 Å². The third-order valence-corrected chi connectivity index (χ3v) is 4.19. The molecular formula is C16H33IN4O. The van der Waals surface area contributed by atoms with Crippen LogP contribution in [0.3, 0.4) is 0 Å². The normalized spacial score (nSPS) is 16.1. The smallest absolute Gasteiger partial charge is 0.220 e. The number of guanidine groups is 1. The molecule has 0 bridgehead atoms. The van der Waals surface area contributed by atoms with E-state index in [2.05, 4.69) is 27.4 Å². The van der Waals surface area contributed by atoms with Crippen LogP contribution < -0.4 is 10.6 Å². The van der Waals surface area contributed by atoms with Crippen molar-refractivity contribution < 1.29 is 4.79 Å². The summed E-state index contributed by atoms with van der Waals surface area (Å²) in [7, 11) is 3.56. The average Bonchev–Trinajstić information content (AvgIpc) is 2.52. The Morgan fingerprint density at radius 1 is 1.23 bits per heavy atom. The number of halogens is 1. The first-order valence-corrected chi connectivity index (χ1v) is 8.37. The lowest BCUT2D eigenvalue weighted by Crippen LogP contribution is -2.46. The zero-order chi connectivity index (χ0) is 15.5. The predicted octanol–water partition coefficient (Wildman–Crippen LogP) is 2.61. The Hall–Kier alpha value is -0.530. The largest absolute Gasteiger partial charge is 0.359 e. The molecule has 1 aliphatic heterocycles. The van der Waals surface area contributed by atoms with E-state index in [1.54, 1.807) is 7.05 Å². The minimum absolute atomic E-state index is 0. The number of piperidine rings is 1. The van der Waals surface area contributed by atoms with Gasteiger partial charge in [0.25, 0.3) is 0 Å². The molecule has 22 heavy (non-hydrogen) atoms. The number of likely N-dealkylation sites (tertiary alicyclic amines) is 1. The van der Waals surface area contributed by atoms with Crippen molar-refractivity contribution in [1.29, 1.82) is 0 Å². The van der Waals surface area contributed by atoms with Crippen molar-refractivity contribution in [2.24, 2.45) is 10.9 Å². The molecule has 0 aromatic heterocycles. The van der Waals surface area contributed by atoms with Crippen LogP contribution >= 0.6 is 24.0 Å². The topological polar surface area (TPSA) is 56.7 Å². The van der Waals surface area contributed by atoms with Gasteiger partial charge in [-0.3, -0.25) is 9.79 Å². The maximum atomic E-state index is 11.4. The molecular weight excluding hydrogens is 391 g/mol. The lowest BCUT2D eigenvalue weighted by Gasteiger charge is -2.34. The summed E-state index contributed by atoms with van der Waals surface area (Å²) in [5.74, 6) is 1.70. The Morgan fingerprint density at radius 2 is 1.91 bits per heavy atom. The van der Waals surface area contributed by atoms with Gasteiger partial charge in [-0.2, -0.15) is 0 Å². The Kier molecular flexibility index (Phi) is 12.6. The lowest BCUT2D eigenvalue weighted by atomic mass is 9.93. The molecule has 0 spiro atoms. The molecule has 1 fully saturated rings. The summed E-state index contributed by atoms with van der Waals surface area (Å²) >= 11 is 0. The van der Waals surface area contributed by atoms with Gasteiger partial charge in [0.05, 0.1) is 0 Å². The van der Waals surface area contributed by atoms with Crippen LogP contribution in [-0.4, -0.2) is 50.5 Å². The van der Waals surface area contributed by atoms with Crippen LogP contribution in [0.2, 0.25) is 0 Å². The molecule has 0 radical (unpaired) electrons. The van der Waals surface area contributed by atoms with Crippen LogP contribution in [0.1, 0.15) is 51.9 Å². The predicted molar refractivity (Wildman–Crippen MR) is 104 cm³/mol. The summed E-state index contributed by atoms with van der Waals surface area (Å²) in [6.45, 7) is 5.23. The van der Waals surface area contributed by atoms with Gasteiger partial charge in [0.2, 0.25) is 5.91 Å². The number of amides is 1. The number of carbonyl (C=O) groups excluding carboxylic acids is 1. The van der Waals surface area contributed by atoms with E-state index in [-0.39, 0.29) is 29.9 Å². The number of carbonyl (C=O) groups is 1. The van der Waals surface area contributed by atoms with Crippen LogP contribution in [0.15, 0.2) is 4.99 Å². The first kappa shape index (κ1) is 21.5. The number of hydrogen-bond acceptors (Lipinski definition) is 2. The Balaban J connectivity index is 0.00000441. The van der Waals surface area contributed by atoms with E-state index in [1.807, 2.05) is 7.05 Å². The van der Waals surface area contributed by atoms with Gasteiger partial charge in [-0.1, -0.05) is 26.2 Å². The summed E-state index contributed by atoms with van der Waals surface area (Å²) in [6, 6.07) is 0. The Bertz CT molecular complexity index is 328. The number of nitrogens with one attached hydrogen (secondary N) is 2. The van der Waals surface area contributed by atoms with Crippen LogP contribution in [0.25, 0.3) is 0 Å². The van der Waals surface area contributed by atoms with E-state index in [0.717, 1.165) is 38.4 Å². The van der Waals surface area contributed by atoms with E-state index < -0.39 is 0 Å². The Labute approximate surface area is 152 Å². The van der Waals surface area contributed by atoms with Gasteiger partial charge in [0.1, 0.15) is 0 Å². The summed E-state index contributed by atoms with van der Waals surface area (Å²) in [4.78, 5) is 18.1. The second-order valence-electron chi connectivity index (χ2n) is 5.84. The van der Waals surface area contributed by atoms with Crippen LogP contribution in [0, 0.1) is 5.92 Å². The molecule has 1 rings (SSSR count). The summed E-state index contributed by atoms with van der Waals surface area (Å²) in [5, 5.41) is 6.17. The van der Waals surface area contributed by atoms with Crippen molar-refractivity contribution in [2.45, 2.75) is 51.9 Å².